The average Bonchev–Trinajstić information content (AvgIpc) is 2.54. The third-order valence-electron chi connectivity index (χ3n) is 4.06. The molecule has 1 rings (SSSR count). The van der Waals surface area contributed by atoms with Crippen LogP contribution in [0.1, 0.15) is 37.0 Å². The van der Waals surface area contributed by atoms with E-state index in [-0.39, 0.29) is 12.2 Å². The van der Waals surface area contributed by atoms with E-state index in [1.54, 1.807) is 29.6 Å². The van der Waals surface area contributed by atoms with E-state index in [2.05, 4.69) is 29.8 Å². The van der Waals surface area contributed by atoms with Gasteiger partial charge >= 0.3 is 0 Å². The number of carboxylic acids is 1. The van der Waals surface area contributed by atoms with E-state index in [4.69, 9.17) is 0 Å². The minimum atomic E-state index is -1.18. The van der Waals surface area contributed by atoms with E-state index in [0.29, 0.717) is 12.1 Å². The largest absolute Gasteiger partial charge is 0.544 e. The zero-order valence-electron chi connectivity index (χ0n) is 13.8. The third kappa shape index (κ3) is 7.24. The van der Waals surface area contributed by atoms with Gasteiger partial charge in [-0.1, -0.05) is 28.1 Å². The monoisotopic (exact) mass is 385 g/mol. The summed E-state index contributed by atoms with van der Waals surface area (Å²) in [5.41, 5.74) is 0.528. The Kier molecular flexibility index (Phi) is 9.06. The maximum atomic E-state index is 12.2. The van der Waals surface area contributed by atoms with Gasteiger partial charge in [0.05, 0.1) is 38.6 Å². The molecule has 0 aliphatic carbocycles. The molecule has 0 spiro atoms. The normalized spacial score (nSPS) is 12.3. The van der Waals surface area contributed by atoms with Crippen LogP contribution in [0.3, 0.4) is 0 Å². The first-order valence-electron chi connectivity index (χ1n) is 8.14. The highest BCUT2D eigenvalue weighted by molar-refractivity contribution is 9.10. The third-order valence-corrected chi connectivity index (χ3v) is 4.59. The molecular weight excluding hydrogens is 360 g/mol. The highest BCUT2D eigenvalue weighted by atomic mass is 79.9. The zero-order valence-corrected chi connectivity index (χ0v) is 15.4. The lowest BCUT2D eigenvalue weighted by Crippen LogP contribution is -3.11. The van der Waals surface area contributed by atoms with Crippen molar-refractivity contribution < 1.29 is 24.9 Å². The lowest BCUT2D eigenvalue weighted by atomic mass is 10.0. The molecule has 0 aliphatic rings. The molecule has 0 aliphatic heterocycles. The Bertz CT molecular complexity index is 501. The number of rotatable bonds is 11. The number of ketones is 1. The van der Waals surface area contributed by atoms with Crippen molar-refractivity contribution in [1.29, 1.82) is 0 Å². The van der Waals surface area contributed by atoms with Crippen LogP contribution in [0, 0.1) is 0 Å². The molecule has 5 nitrogen and oxygen atoms in total. The van der Waals surface area contributed by atoms with Gasteiger partial charge in [0.15, 0.2) is 5.78 Å². The lowest BCUT2D eigenvalue weighted by Gasteiger charge is -2.18. The molecule has 0 aromatic heterocycles. The molecule has 0 fully saturated rings. The van der Waals surface area contributed by atoms with E-state index in [1.807, 2.05) is 0 Å². The van der Waals surface area contributed by atoms with Gasteiger partial charge in [-0.05, 0) is 26.0 Å². The molecule has 1 aromatic rings. The number of halogens is 1. The van der Waals surface area contributed by atoms with Gasteiger partial charge in [0, 0.05) is 16.5 Å². The summed E-state index contributed by atoms with van der Waals surface area (Å²) in [7, 11) is 0. The Morgan fingerprint density at radius 1 is 1.22 bits per heavy atom. The summed E-state index contributed by atoms with van der Waals surface area (Å²) in [4.78, 5) is 24.9. The molecule has 0 bridgehead atoms. The molecular formula is C17H26BrN2O3+. The van der Waals surface area contributed by atoms with Crippen LogP contribution in [0.25, 0.3) is 0 Å². The first-order valence-corrected chi connectivity index (χ1v) is 8.93. The Hall–Kier alpha value is -1.24. The van der Waals surface area contributed by atoms with Crippen molar-refractivity contribution in [3.05, 3.63) is 34.3 Å². The van der Waals surface area contributed by atoms with E-state index >= 15 is 0 Å². The number of Topliss-reactive ketones (excluding diaryl/α,β-unsaturated/α-hetero) is 1. The molecule has 128 valence electrons. The van der Waals surface area contributed by atoms with Crippen molar-refractivity contribution >= 4 is 27.7 Å². The second-order valence-corrected chi connectivity index (χ2v) is 6.56. The number of carboxylic acid groups (broad SMARTS) is 1. The first kappa shape index (κ1) is 19.8. The van der Waals surface area contributed by atoms with Gasteiger partial charge in [-0.2, -0.15) is 0 Å². The van der Waals surface area contributed by atoms with Gasteiger partial charge < -0.3 is 20.1 Å². The van der Waals surface area contributed by atoms with Gasteiger partial charge in [0.25, 0.3) is 0 Å². The predicted octanol–water partition coefficient (Wildman–Crippen LogP) is -0.981. The van der Waals surface area contributed by atoms with Crippen LogP contribution in [-0.2, 0) is 4.79 Å². The number of hydrogen-bond acceptors (Lipinski definition) is 3. The van der Waals surface area contributed by atoms with E-state index in [0.717, 1.165) is 30.5 Å². The topological polar surface area (TPSA) is 78.2 Å². The Balaban J connectivity index is 2.47. The summed E-state index contributed by atoms with van der Waals surface area (Å²) in [6.07, 6.45) is 0.884. The van der Waals surface area contributed by atoms with Crippen molar-refractivity contribution in [2.75, 3.05) is 26.2 Å². The van der Waals surface area contributed by atoms with Crippen molar-refractivity contribution in [3.63, 3.8) is 0 Å². The molecule has 0 saturated heterocycles. The SMILES string of the molecule is CC[NH+](CC)CCC[NH2+][C@@H](CC(=O)c1ccc(Br)cc1)C(=O)[O-]. The number of carbonyl (C=O) groups is 2. The molecule has 0 unspecified atom stereocenters. The molecule has 0 radical (unpaired) electrons. The highest BCUT2D eigenvalue weighted by Gasteiger charge is 2.19. The molecule has 23 heavy (non-hydrogen) atoms. The number of aliphatic carboxylic acids is 1. The summed E-state index contributed by atoms with van der Waals surface area (Å²) >= 11 is 3.31. The van der Waals surface area contributed by atoms with Crippen molar-refractivity contribution in [2.45, 2.75) is 32.7 Å². The van der Waals surface area contributed by atoms with Crippen LogP contribution < -0.4 is 15.3 Å². The number of nitrogens with one attached hydrogen (secondary N) is 1. The van der Waals surface area contributed by atoms with Gasteiger partial charge in [0.2, 0.25) is 0 Å². The van der Waals surface area contributed by atoms with Crippen LogP contribution in [0.2, 0.25) is 0 Å². The fourth-order valence-electron chi connectivity index (χ4n) is 2.49. The number of benzene rings is 1. The summed E-state index contributed by atoms with van der Waals surface area (Å²) in [5.74, 6) is -1.34. The number of hydrogen-bond donors (Lipinski definition) is 2. The van der Waals surface area contributed by atoms with Crippen LogP contribution >= 0.6 is 15.9 Å². The van der Waals surface area contributed by atoms with Crippen LogP contribution in [-0.4, -0.2) is 44.0 Å². The summed E-state index contributed by atoms with van der Waals surface area (Å²) in [5, 5.41) is 13.0. The van der Waals surface area contributed by atoms with Gasteiger partial charge in [-0.15, -0.1) is 0 Å². The van der Waals surface area contributed by atoms with Crippen molar-refractivity contribution in [3.8, 4) is 0 Å². The maximum absolute atomic E-state index is 12.2. The molecule has 1 atom stereocenters. The number of carbonyl (C=O) groups excluding carboxylic acids is 2. The van der Waals surface area contributed by atoms with E-state index in [9.17, 15) is 14.7 Å². The molecule has 0 saturated carbocycles. The maximum Gasteiger partial charge on any atom is 0.169 e. The van der Waals surface area contributed by atoms with Gasteiger partial charge in [-0.3, -0.25) is 4.79 Å². The number of nitrogens with two attached hydrogens (primary N) is 1. The second-order valence-electron chi connectivity index (χ2n) is 5.64. The molecule has 3 N–H and O–H groups in total. The molecule has 6 heteroatoms. The lowest BCUT2D eigenvalue weighted by molar-refractivity contribution is -0.898. The molecule has 0 amide bonds. The fourth-order valence-corrected chi connectivity index (χ4v) is 2.76. The smallest absolute Gasteiger partial charge is 0.169 e. The number of quaternary nitrogens is 2. The van der Waals surface area contributed by atoms with E-state index in [1.165, 1.54) is 4.90 Å². The van der Waals surface area contributed by atoms with Gasteiger partial charge in [0.1, 0.15) is 6.04 Å². The fraction of sp³-hybridized carbons (Fsp3) is 0.529. The van der Waals surface area contributed by atoms with Crippen LogP contribution in [0.5, 0.6) is 0 Å². The Labute approximate surface area is 146 Å². The standard InChI is InChI=1S/C17H25BrN2O3/c1-3-20(4-2)11-5-10-19-15(17(22)23)12-16(21)13-6-8-14(18)9-7-13/h6-9,15,19H,3-5,10-12H2,1-2H3,(H,22,23)/p+1/t15-/m0/s1. The summed E-state index contributed by atoms with van der Waals surface area (Å²) < 4.78 is 0.885. The summed E-state index contributed by atoms with van der Waals surface area (Å²) in [6, 6.07) is 6.12. The molecule has 1 aromatic carbocycles. The summed E-state index contributed by atoms with van der Waals surface area (Å²) in [6.45, 7) is 8.14. The van der Waals surface area contributed by atoms with Crippen molar-refractivity contribution in [2.24, 2.45) is 0 Å². The highest BCUT2D eigenvalue weighted by Crippen LogP contribution is 2.12. The van der Waals surface area contributed by atoms with Crippen LogP contribution in [0.4, 0.5) is 0 Å². The minimum Gasteiger partial charge on any atom is -0.544 e. The predicted molar refractivity (Wildman–Crippen MR) is 90.2 cm³/mol. The first-order chi connectivity index (χ1) is 11.0. The Morgan fingerprint density at radius 2 is 1.83 bits per heavy atom. The van der Waals surface area contributed by atoms with E-state index < -0.39 is 12.0 Å². The van der Waals surface area contributed by atoms with Crippen LogP contribution in [0.15, 0.2) is 28.7 Å². The average molecular weight is 386 g/mol. The van der Waals surface area contributed by atoms with Crippen molar-refractivity contribution in [1.82, 2.24) is 0 Å². The second kappa shape index (κ2) is 10.5. The quantitative estimate of drug-likeness (QED) is 0.379. The minimum absolute atomic E-state index is 0.0396. The molecule has 0 heterocycles. The Morgan fingerprint density at radius 3 is 2.35 bits per heavy atom. The van der Waals surface area contributed by atoms with Gasteiger partial charge in [-0.25, -0.2) is 0 Å². The zero-order chi connectivity index (χ0) is 17.2.